The van der Waals surface area contributed by atoms with Crippen molar-refractivity contribution in [3.05, 3.63) is 24.3 Å². The summed E-state index contributed by atoms with van der Waals surface area (Å²) in [5, 5.41) is 0. The van der Waals surface area contributed by atoms with E-state index < -0.39 is 38.0 Å². The molecule has 0 aliphatic carbocycles. The zero-order chi connectivity index (χ0) is 17.5. The molecule has 1 aromatic carbocycles. The Morgan fingerprint density at radius 3 is 2.22 bits per heavy atom. The molecule has 2 rings (SSSR count). The van der Waals surface area contributed by atoms with Crippen LogP contribution in [0.25, 0.3) is 0 Å². The summed E-state index contributed by atoms with van der Waals surface area (Å²) in [5.74, 6) is -0.893. The Kier molecular flexibility index (Phi) is 4.66. The second kappa shape index (κ2) is 5.95. The van der Waals surface area contributed by atoms with Crippen molar-refractivity contribution < 1.29 is 34.7 Å². The number of hydrogen-bond acceptors (Lipinski definition) is 5. The van der Waals surface area contributed by atoms with Gasteiger partial charge in [0.05, 0.1) is 16.4 Å². The SMILES string of the molecule is CN([C@H]1CCS(=O)(=O)C1)S(=O)(=O)c1ccc(OC(F)(F)F)cc1. The van der Waals surface area contributed by atoms with Crippen LogP contribution >= 0.6 is 0 Å². The summed E-state index contributed by atoms with van der Waals surface area (Å²) in [5.41, 5.74) is 0. The highest BCUT2D eigenvalue weighted by Gasteiger charge is 2.36. The quantitative estimate of drug-likeness (QED) is 0.797. The maximum atomic E-state index is 12.4. The van der Waals surface area contributed by atoms with Crippen LogP contribution in [-0.4, -0.2) is 52.1 Å². The van der Waals surface area contributed by atoms with Gasteiger partial charge in [-0.05, 0) is 30.7 Å². The average molecular weight is 373 g/mol. The lowest BCUT2D eigenvalue weighted by Crippen LogP contribution is -2.37. The first-order valence-electron chi connectivity index (χ1n) is 6.45. The fourth-order valence-corrected chi connectivity index (χ4v) is 5.49. The number of sulfonamides is 1. The van der Waals surface area contributed by atoms with Crippen molar-refractivity contribution in [1.29, 1.82) is 0 Å². The molecule has 0 radical (unpaired) electrons. The van der Waals surface area contributed by atoms with Crippen molar-refractivity contribution in [3.8, 4) is 5.75 Å². The zero-order valence-corrected chi connectivity index (χ0v) is 13.6. The minimum absolute atomic E-state index is 0.0874. The van der Waals surface area contributed by atoms with Crippen LogP contribution in [0.15, 0.2) is 29.2 Å². The first-order valence-corrected chi connectivity index (χ1v) is 9.71. The van der Waals surface area contributed by atoms with E-state index in [1.807, 2.05) is 0 Å². The van der Waals surface area contributed by atoms with Crippen LogP contribution in [0.2, 0.25) is 0 Å². The number of nitrogens with zero attached hydrogens (tertiary/aromatic N) is 1. The first-order chi connectivity index (χ1) is 10.4. The van der Waals surface area contributed by atoms with Gasteiger partial charge in [-0.3, -0.25) is 0 Å². The number of ether oxygens (including phenoxy) is 1. The van der Waals surface area contributed by atoms with Crippen molar-refractivity contribution in [2.24, 2.45) is 0 Å². The third-order valence-corrected chi connectivity index (χ3v) is 7.13. The van der Waals surface area contributed by atoms with Crippen molar-refractivity contribution in [2.75, 3.05) is 18.6 Å². The first kappa shape index (κ1) is 18.0. The maximum Gasteiger partial charge on any atom is 0.573 e. The molecular formula is C12H14F3NO5S2. The number of sulfone groups is 1. The van der Waals surface area contributed by atoms with E-state index in [1.165, 1.54) is 7.05 Å². The Morgan fingerprint density at radius 2 is 1.78 bits per heavy atom. The molecule has 130 valence electrons. The van der Waals surface area contributed by atoms with Crippen LogP contribution in [0.3, 0.4) is 0 Å². The van der Waals surface area contributed by atoms with E-state index in [0.29, 0.717) is 0 Å². The summed E-state index contributed by atoms with van der Waals surface area (Å²) >= 11 is 0. The summed E-state index contributed by atoms with van der Waals surface area (Å²) in [7, 11) is -6.01. The molecule has 1 fully saturated rings. The van der Waals surface area contributed by atoms with Crippen LogP contribution in [-0.2, 0) is 19.9 Å². The minimum Gasteiger partial charge on any atom is -0.406 e. The molecule has 0 bridgehead atoms. The maximum absolute atomic E-state index is 12.4. The highest BCUT2D eigenvalue weighted by Crippen LogP contribution is 2.27. The van der Waals surface area contributed by atoms with Gasteiger partial charge in [0, 0.05) is 13.1 Å². The molecular weight excluding hydrogens is 359 g/mol. The van der Waals surface area contributed by atoms with Crippen LogP contribution in [0.4, 0.5) is 13.2 Å². The van der Waals surface area contributed by atoms with E-state index in [1.54, 1.807) is 0 Å². The van der Waals surface area contributed by atoms with Gasteiger partial charge in [-0.15, -0.1) is 13.2 Å². The van der Waals surface area contributed by atoms with Gasteiger partial charge in [0.15, 0.2) is 9.84 Å². The fourth-order valence-electron chi connectivity index (χ4n) is 2.24. The standard InChI is InChI=1S/C12H14F3NO5S2/c1-16(9-6-7-22(17,18)8-9)23(19,20)11-4-2-10(3-5-11)21-12(13,14)15/h2-5,9H,6-8H2,1H3/t9-/m0/s1. The summed E-state index contributed by atoms with van der Waals surface area (Å²) in [6.07, 6.45) is -4.68. The van der Waals surface area contributed by atoms with Crippen molar-refractivity contribution in [1.82, 2.24) is 4.31 Å². The number of halogens is 3. The molecule has 0 amide bonds. The largest absolute Gasteiger partial charge is 0.573 e. The van der Waals surface area contributed by atoms with Crippen LogP contribution in [0.5, 0.6) is 5.75 Å². The van der Waals surface area contributed by atoms with Gasteiger partial charge < -0.3 is 4.74 Å². The number of hydrogen-bond donors (Lipinski definition) is 0. The van der Waals surface area contributed by atoms with E-state index in [4.69, 9.17) is 0 Å². The van der Waals surface area contributed by atoms with E-state index in [-0.39, 0.29) is 22.8 Å². The normalized spacial score (nSPS) is 21.5. The molecule has 11 heteroatoms. The molecule has 1 aromatic rings. The smallest absolute Gasteiger partial charge is 0.406 e. The number of alkyl halides is 3. The molecule has 0 saturated carbocycles. The third kappa shape index (κ3) is 4.36. The third-order valence-electron chi connectivity index (χ3n) is 3.46. The lowest BCUT2D eigenvalue weighted by atomic mass is 10.3. The number of benzene rings is 1. The predicted molar refractivity (Wildman–Crippen MR) is 75.1 cm³/mol. The molecule has 1 atom stereocenters. The van der Waals surface area contributed by atoms with Gasteiger partial charge in [-0.25, -0.2) is 16.8 Å². The second-order valence-corrected chi connectivity index (χ2v) is 9.32. The Morgan fingerprint density at radius 1 is 1.22 bits per heavy atom. The van der Waals surface area contributed by atoms with E-state index in [9.17, 15) is 30.0 Å². The lowest BCUT2D eigenvalue weighted by molar-refractivity contribution is -0.274. The fraction of sp³-hybridized carbons (Fsp3) is 0.500. The van der Waals surface area contributed by atoms with Gasteiger partial charge in [0.2, 0.25) is 10.0 Å². The van der Waals surface area contributed by atoms with Gasteiger partial charge >= 0.3 is 6.36 Å². The predicted octanol–water partition coefficient (Wildman–Crippen LogP) is 1.39. The molecule has 1 saturated heterocycles. The Balaban J connectivity index is 2.19. The number of rotatable bonds is 4. The van der Waals surface area contributed by atoms with Crippen LogP contribution < -0.4 is 4.74 Å². The minimum atomic E-state index is -4.87. The Labute approximate surface area is 131 Å². The van der Waals surface area contributed by atoms with Crippen molar-refractivity contribution in [3.63, 3.8) is 0 Å². The highest BCUT2D eigenvalue weighted by molar-refractivity contribution is 7.92. The second-order valence-electron chi connectivity index (χ2n) is 5.10. The molecule has 0 aromatic heterocycles. The van der Waals surface area contributed by atoms with Gasteiger partial charge in [-0.2, -0.15) is 4.31 Å². The highest BCUT2D eigenvalue weighted by atomic mass is 32.2. The molecule has 23 heavy (non-hydrogen) atoms. The lowest BCUT2D eigenvalue weighted by Gasteiger charge is -2.22. The molecule has 6 nitrogen and oxygen atoms in total. The average Bonchev–Trinajstić information content (AvgIpc) is 2.77. The van der Waals surface area contributed by atoms with Gasteiger partial charge in [0.1, 0.15) is 5.75 Å². The zero-order valence-electron chi connectivity index (χ0n) is 11.9. The summed E-state index contributed by atoms with van der Waals surface area (Å²) in [6, 6.07) is 3.06. The van der Waals surface area contributed by atoms with E-state index >= 15 is 0 Å². The molecule has 0 N–H and O–H groups in total. The monoisotopic (exact) mass is 373 g/mol. The van der Waals surface area contributed by atoms with Crippen LogP contribution in [0, 0.1) is 0 Å². The summed E-state index contributed by atoms with van der Waals surface area (Å²) in [6.45, 7) is 0. The summed E-state index contributed by atoms with van der Waals surface area (Å²) in [4.78, 5) is -0.237. The molecule has 1 aliphatic rings. The molecule has 0 unspecified atom stereocenters. The van der Waals surface area contributed by atoms with Gasteiger partial charge in [-0.1, -0.05) is 0 Å². The summed E-state index contributed by atoms with van der Waals surface area (Å²) < 4.78 is 88.5. The van der Waals surface area contributed by atoms with Crippen LogP contribution in [0.1, 0.15) is 6.42 Å². The van der Waals surface area contributed by atoms with Crippen molar-refractivity contribution >= 4 is 19.9 Å². The van der Waals surface area contributed by atoms with Gasteiger partial charge in [0.25, 0.3) is 0 Å². The van der Waals surface area contributed by atoms with Crippen molar-refractivity contribution in [2.45, 2.75) is 23.7 Å². The Bertz CT molecular complexity index is 772. The molecule has 0 spiro atoms. The molecule has 1 aliphatic heterocycles. The van der Waals surface area contributed by atoms with E-state index in [0.717, 1.165) is 28.6 Å². The molecule has 1 heterocycles. The Hall–Kier alpha value is -1.33. The topological polar surface area (TPSA) is 80.8 Å². The van der Waals surface area contributed by atoms with E-state index in [2.05, 4.69) is 4.74 Å².